The van der Waals surface area contributed by atoms with Crippen LogP contribution in [0.4, 0.5) is 4.79 Å². The van der Waals surface area contributed by atoms with Gasteiger partial charge in [-0.15, -0.1) is 0 Å². The van der Waals surface area contributed by atoms with E-state index in [4.69, 9.17) is 33.2 Å². The summed E-state index contributed by atoms with van der Waals surface area (Å²) in [6.45, 7) is 20.9. The van der Waals surface area contributed by atoms with Gasteiger partial charge in [0.05, 0.1) is 18.3 Å². The molecule has 0 spiro atoms. The molecule has 10 heteroatoms. The van der Waals surface area contributed by atoms with Crippen LogP contribution in [-0.4, -0.2) is 84.7 Å². The number of hydrogen-bond acceptors (Lipinski definition) is 9. The molecule has 0 bridgehead atoms. The van der Waals surface area contributed by atoms with Gasteiger partial charge in [-0.1, -0.05) is 102 Å². The molecule has 302 valence electrons. The van der Waals surface area contributed by atoms with Crippen LogP contribution in [-0.2, 0) is 46.3 Å². The van der Waals surface area contributed by atoms with Crippen LogP contribution in [0.2, 0.25) is 0 Å². The standard InChI is InChI=1S/C44H67NO9/c1-27-30(4)38(46)41(50-33(27)7)53-40-32(6)29(3)35(9)52-43(40)54-39-31(5)28(2)34(8)51-42(39)48-24-18-12-17-23-45(25-36-19-13-10-14-20-36)44(47)49-26-37-21-15-11-16-22-37/h10-11,13-16,19-22,27-35,38-43,46H,12,17-18,23-26H2,1-9H3/t27-,28-,29-,30?,31?,32?,33+,34+,35+,38?,39?,40?,41+,42-,43+/m1/s1. The monoisotopic (exact) mass is 753 g/mol. The largest absolute Gasteiger partial charge is 0.445 e. The Morgan fingerprint density at radius 2 is 1.11 bits per heavy atom. The third-order valence-corrected chi connectivity index (χ3v) is 12.8. The molecule has 0 aromatic heterocycles. The molecule has 0 saturated carbocycles. The van der Waals surface area contributed by atoms with Gasteiger partial charge in [-0.2, -0.15) is 0 Å². The molecule has 3 aliphatic rings. The summed E-state index contributed by atoms with van der Waals surface area (Å²) in [5.74, 6) is 0.898. The molecule has 3 heterocycles. The molecule has 3 saturated heterocycles. The Morgan fingerprint density at radius 1 is 0.611 bits per heavy atom. The van der Waals surface area contributed by atoms with Crippen molar-refractivity contribution in [1.82, 2.24) is 4.90 Å². The van der Waals surface area contributed by atoms with Crippen molar-refractivity contribution in [2.24, 2.45) is 35.5 Å². The van der Waals surface area contributed by atoms with Crippen molar-refractivity contribution in [2.45, 2.75) is 150 Å². The van der Waals surface area contributed by atoms with E-state index in [1.54, 1.807) is 4.90 Å². The third kappa shape index (κ3) is 10.8. The highest BCUT2D eigenvalue weighted by molar-refractivity contribution is 5.67. The maximum atomic E-state index is 13.2. The summed E-state index contributed by atoms with van der Waals surface area (Å²) in [5.41, 5.74) is 2.02. The number of carbonyl (C=O) groups excluding carboxylic acids is 1. The molecule has 6 unspecified atom stereocenters. The van der Waals surface area contributed by atoms with Crippen LogP contribution in [0.15, 0.2) is 60.7 Å². The summed E-state index contributed by atoms with van der Waals surface area (Å²) < 4.78 is 44.9. The quantitative estimate of drug-likeness (QED) is 0.180. The van der Waals surface area contributed by atoms with Crippen molar-refractivity contribution in [3.63, 3.8) is 0 Å². The molecule has 1 N–H and O–H groups in total. The van der Waals surface area contributed by atoms with E-state index in [0.29, 0.717) is 19.7 Å². The summed E-state index contributed by atoms with van der Waals surface area (Å²) in [7, 11) is 0. The normalized spacial score (nSPS) is 37.1. The predicted molar refractivity (Wildman–Crippen MR) is 207 cm³/mol. The minimum Gasteiger partial charge on any atom is -0.445 e. The van der Waals surface area contributed by atoms with Gasteiger partial charge in [0.2, 0.25) is 0 Å². The number of aliphatic hydroxyl groups excluding tert-OH is 1. The Kier molecular flexibility index (Phi) is 15.8. The number of hydrogen-bond donors (Lipinski definition) is 1. The lowest BCUT2D eigenvalue weighted by Crippen LogP contribution is -2.59. The van der Waals surface area contributed by atoms with E-state index < -0.39 is 37.2 Å². The maximum absolute atomic E-state index is 13.2. The summed E-state index contributed by atoms with van der Waals surface area (Å²) >= 11 is 0. The average molecular weight is 754 g/mol. The highest BCUT2D eigenvalue weighted by Crippen LogP contribution is 2.40. The van der Waals surface area contributed by atoms with E-state index in [0.717, 1.165) is 30.4 Å². The Balaban J connectivity index is 1.18. The Morgan fingerprint density at radius 3 is 1.72 bits per heavy atom. The van der Waals surface area contributed by atoms with Gasteiger partial charge in [-0.05, 0) is 86.7 Å². The SMILES string of the molecule is CC1C(O)[C@H](OC2C(C)[C@@H](C)[C@H](C)O[C@H]2OC2C(C)[C@@H](C)[C@H](C)O[C@H]2OCCCCCN(Cc2ccccc2)C(=O)OCc2ccccc2)O[C@@H](C)[C@@H]1C. The predicted octanol–water partition coefficient (Wildman–Crippen LogP) is 8.19. The first-order valence-electron chi connectivity index (χ1n) is 20.4. The lowest BCUT2D eigenvalue weighted by atomic mass is 9.82. The van der Waals surface area contributed by atoms with Crippen LogP contribution in [0.5, 0.6) is 0 Å². The number of benzene rings is 2. The first kappa shape index (κ1) is 42.6. The number of rotatable bonds is 15. The average Bonchev–Trinajstić information content (AvgIpc) is 3.17. The van der Waals surface area contributed by atoms with Crippen molar-refractivity contribution in [3.8, 4) is 0 Å². The fourth-order valence-electron chi connectivity index (χ4n) is 7.85. The van der Waals surface area contributed by atoms with E-state index in [2.05, 4.69) is 55.4 Å². The second-order valence-corrected chi connectivity index (χ2v) is 16.4. The molecule has 3 fully saturated rings. The molecule has 54 heavy (non-hydrogen) atoms. The third-order valence-electron chi connectivity index (χ3n) is 12.8. The molecular formula is C44H67NO9. The molecule has 5 rings (SSSR count). The van der Waals surface area contributed by atoms with E-state index in [9.17, 15) is 9.90 Å². The summed E-state index contributed by atoms with van der Waals surface area (Å²) in [5, 5.41) is 11.2. The number of nitrogens with zero attached hydrogens (tertiary/aromatic N) is 1. The van der Waals surface area contributed by atoms with Crippen molar-refractivity contribution in [1.29, 1.82) is 0 Å². The zero-order valence-corrected chi connectivity index (χ0v) is 34.0. The molecule has 0 aliphatic carbocycles. The topological polar surface area (TPSA) is 105 Å². The zero-order chi connectivity index (χ0) is 38.9. The molecular weight excluding hydrogens is 686 g/mol. The number of ether oxygens (including phenoxy) is 7. The molecule has 10 nitrogen and oxygen atoms in total. The molecule has 2 aromatic carbocycles. The number of carbonyl (C=O) groups is 1. The van der Waals surface area contributed by atoms with Crippen LogP contribution in [0.1, 0.15) is 92.7 Å². The Bertz CT molecular complexity index is 1400. The first-order valence-corrected chi connectivity index (χ1v) is 20.4. The van der Waals surface area contributed by atoms with Crippen LogP contribution in [0.3, 0.4) is 0 Å². The van der Waals surface area contributed by atoms with Gasteiger partial charge >= 0.3 is 6.09 Å². The van der Waals surface area contributed by atoms with Crippen LogP contribution < -0.4 is 0 Å². The fraction of sp³-hybridized carbons (Fsp3) is 0.705. The van der Waals surface area contributed by atoms with Crippen molar-refractivity contribution in [3.05, 3.63) is 71.8 Å². The zero-order valence-electron chi connectivity index (χ0n) is 34.0. The van der Waals surface area contributed by atoms with Gasteiger partial charge in [-0.25, -0.2) is 4.79 Å². The summed E-state index contributed by atoms with van der Waals surface area (Å²) in [6.07, 6.45) is -1.59. The van der Waals surface area contributed by atoms with E-state index >= 15 is 0 Å². The highest BCUT2D eigenvalue weighted by Gasteiger charge is 2.50. The van der Waals surface area contributed by atoms with Crippen molar-refractivity contribution in [2.75, 3.05) is 13.2 Å². The molecule has 2 aromatic rings. The van der Waals surface area contributed by atoms with E-state index in [1.165, 1.54) is 0 Å². The Hall–Kier alpha value is -2.57. The van der Waals surface area contributed by atoms with Crippen molar-refractivity contribution >= 4 is 6.09 Å². The van der Waals surface area contributed by atoms with E-state index in [-0.39, 0.29) is 66.5 Å². The van der Waals surface area contributed by atoms with Crippen LogP contribution in [0, 0.1) is 35.5 Å². The second kappa shape index (κ2) is 20.0. The maximum Gasteiger partial charge on any atom is 0.410 e. The fourth-order valence-corrected chi connectivity index (χ4v) is 7.85. The number of unbranched alkanes of at least 4 members (excludes halogenated alkanes) is 2. The van der Waals surface area contributed by atoms with Gasteiger partial charge in [0.1, 0.15) is 24.9 Å². The number of aliphatic hydroxyl groups is 1. The second-order valence-electron chi connectivity index (χ2n) is 16.4. The smallest absolute Gasteiger partial charge is 0.410 e. The van der Waals surface area contributed by atoms with Gasteiger partial charge in [0, 0.05) is 19.7 Å². The Labute approximate surface area is 324 Å². The van der Waals surface area contributed by atoms with Gasteiger partial charge in [-0.3, -0.25) is 0 Å². The first-order chi connectivity index (χ1) is 25.8. The minimum atomic E-state index is -0.769. The summed E-state index contributed by atoms with van der Waals surface area (Å²) in [4.78, 5) is 15.0. The lowest BCUT2D eigenvalue weighted by Gasteiger charge is -2.50. The molecule has 3 aliphatic heterocycles. The minimum absolute atomic E-state index is 0.00812. The molecule has 1 amide bonds. The van der Waals surface area contributed by atoms with Gasteiger partial charge < -0.3 is 43.2 Å². The molecule has 15 atom stereocenters. The van der Waals surface area contributed by atoms with E-state index in [1.807, 2.05) is 67.6 Å². The molecule has 0 radical (unpaired) electrons. The van der Waals surface area contributed by atoms with Gasteiger partial charge in [0.25, 0.3) is 0 Å². The van der Waals surface area contributed by atoms with Crippen LogP contribution in [0.25, 0.3) is 0 Å². The van der Waals surface area contributed by atoms with Crippen LogP contribution >= 0.6 is 0 Å². The number of amides is 1. The summed E-state index contributed by atoms with van der Waals surface area (Å²) in [6, 6.07) is 19.7. The lowest BCUT2D eigenvalue weighted by molar-refractivity contribution is -0.371. The van der Waals surface area contributed by atoms with Gasteiger partial charge in [0.15, 0.2) is 18.9 Å². The highest BCUT2D eigenvalue weighted by atomic mass is 16.8. The van der Waals surface area contributed by atoms with Crippen molar-refractivity contribution < 1.29 is 43.1 Å².